The molecule has 1 aromatic rings. The van der Waals surface area contributed by atoms with Crippen LogP contribution in [0.5, 0.6) is 0 Å². The number of carbonyl (C=O) groups is 1. The largest absolute Gasteiger partial charge is 0.456 e. The molecule has 2 N–H and O–H groups in total. The molecule has 0 amide bonds. The minimum Gasteiger partial charge on any atom is -0.456 e. The first-order chi connectivity index (χ1) is 8.70. The SMILES string of the molecule is CC1CCC(C)c2c1sc(N)c2C(=O)OC(C)(C)C. The van der Waals surface area contributed by atoms with Crippen molar-refractivity contribution in [1.29, 1.82) is 0 Å². The molecular formula is C15H23NO2S. The number of nitrogens with two attached hydrogens (primary N) is 1. The van der Waals surface area contributed by atoms with Gasteiger partial charge in [-0.15, -0.1) is 11.3 Å². The Hall–Kier alpha value is -1.03. The molecule has 19 heavy (non-hydrogen) atoms. The van der Waals surface area contributed by atoms with Gasteiger partial charge in [0.1, 0.15) is 10.6 Å². The van der Waals surface area contributed by atoms with E-state index < -0.39 is 5.60 Å². The predicted octanol–water partition coefficient (Wildman–Crippen LogP) is 4.29. The Morgan fingerprint density at radius 1 is 1.26 bits per heavy atom. The average molecular weight is 281 g/mol. The van der Waals surface area contributed by atoms with E-state index in [1.807, 2.05) is 20.8 Å². The third-order valence-corrected chi connectivity index (χ3v) is 4.84. The van der Waals surface area contributed by atoms with E-state index in [4.69, 9.17) is 10.5 Å². The number of ether oxygens (including phenoxy) is 1. The lowest BCUT2D eigenvalue weighted by molar-refractivity contribution is 0.00694. The highest BCUT2D eigenvalue weighted by Gasteiger charge is 2.33. The second-order valence-electron chi connectivity index (χ2n) is 6.50. The summed E-state index contributed by atoms with van der Waals surface area (Å²) in [5, 5.41) is 0.611. The summed E-state index contributed by atoms with van der Waals surface area (Å²) in [6.07, 6.45) is 2.28. The molecule has 1 heterocycles. The highest BCUT2D eigenvalue weighted by molar-refractivity contribution is 7.16. The molecule has 0 fully saturated rings. The summed E-state index contributed by atoms with van der Waals surface area (Å²) in [4.78, 5) is 13.6. The third-order valence-electron chi connectivity index (χ3n) is 3.58. The fourth-order valence-electron chi connectivity index (χ4n) is 2.65. The second-order valence-corrected chi connectivity index (χ2v) is 7.58. The number of rotatable bonds is 1. The summed E-state index contributed by atoms with van der Waals surface area (Å²) in [6.45, 7) is 10.0. The van der Waals surface area contributed by atoms with Crippen LogP contribution in [0, 0.1) is 0 Å². The summed E-state index contributed by atoms with van der Waals surface area (Å²) in [5.41, 5.74) is 7.35. The summed E-state index contributed by atoms with van der Waals surface area (Å²) in [5.74, 6) is 0.611. The van der Waals surface area contributed by atoms with Gasteiger partial charge in [-0.05, 0) is 51.0 Å². The predicted molar refractivity (Wildman–Crippen MR) is 80.0 cm³/mol. The Morgan fingerprint density at radius 3 is 2.42 bits per heavy atom. The zero-order valence-corrected chi connectivity index (χ0v) is 13.2. The molecular weight excluding hydrogens is 258 g/mol. The van der Waals surface area contributed by atoms with Gasteiger partial charge in [0.2, 0.25) is 0 Å². The average Bonchev–Trinajstić information content (AvgIpc) is 2.60. The van der Waals surface area contributed by atoms with Crippen LogP contribution in [-0.2, 0) is 4.74 Å². The van der Waals surface area contributed by atoms with Crippen molar-refractivity contribution in [3.63, 3.8) is 0 Å². The number of hydrogen-bond donors (Lipinski definition) is 1. The minimum absolute atomic E-state index is 0.275. The van der Waals surface area contributed by atoms with Crippen LogP contribution in [0.3, 0.4) is 0 Å². The van der Waals surface area contributed by atoms with Crippen LogP contribution in [0.2, 0.25) is 0 Å². The maximum Gasteiger partial charge on any atom is 0.341 e. The zero-order valence-electron chi connectivity index (χ0n) is 12.4. The van der Waals surface area contributed by atoms with Gasteiger partial charge < -0.3 is 10.5 Å². The first kappa shape index (κ1) is 14.4. The fourth-order valence-corrected chi connectivity index (χ4v) is 3.92. The Bertz CT molecular complexity index is 499. The molecule has 1 aliphatic rings. The van der Waals surface area contributed by atoms with Crippen LogP contribution in [0.15, 0.2) is 0 Å². The van der Waals surface area contributed by atoms with E-state index in [2.05, 4.69) is 13.8 Å². The van der Waals surface area contributed by atoms with Gasteiger partial charge in [-0.2, -0.15) is 0 Å². The molecule has 2 unspecified atom stereocenters. The fraction of sp³-hybridized carbons (Fsp3) is 0.667. The summed E-state index contributed by atoms with van der Waals surface area (Å²) < 4.78 is 5.50. The summed E-state index contributed by atoms with van der Waals surface area (Å²) in [6, 6.07) is 0. The van der Waals surface area contributed by atoms with E-state index in [1.165, 1.54) is 11.3 Å². The molecule has 1 aromatic heterocycles. The van der Waals surface area contributed by atoms with E-state index in [1.54, 1.807) is 11.3 Å². The molecule has 2 atom stereocenters. The third kappa shape index (κ3) is 2.78. The van der Waals surface area contributed by atoms with E-state index in [0.29, 0.717) is 22.4 Å². The Balaban J connectivity index is 2.44. The van der Waals surface area contributed by atoms with E-state index in [-0.39, 0.29) is 5.97 Å². The number of nitrogen functional groups attached to an aromatic ring is 1. The van der Waals surface area contributed by atoms with Crippen LogP contribution in [0.25, 0.3) is 0 Å². The van der Waals surface area contributed by atoms with Crippen LogP contribution >= 0.6 is 11.3 Å². The molecule has 0 saturated heterocycles. The van der Waals surface area contributed by atoms with Crippen LogP contribution in [0.1, 0.15) is 80.1 Å². The normalized spacial score (nSPS) is 23.0. The van der Waals surface area contributed by atoms with Gasteiger partial charge in [-0.3, -0.25) is 0 Å². The lowest BCUT2D eigenvalue weighted by Crippen LogP contribution is -2.25. The minimum atomic E-state index is -0.484. The Kier molecular flexibility index (Phi) is 3.65. The first-order valence-electron chi connectivity index (χ1n) is 6.86. The molecule has 4 heteroatoms. The topological polar surface area (TPSA) is 52.3 Å². The molecule has 0 radical (unpaired) electrons. The van der Waals surface area contributed by atoms with Crippen molar-refractivity contribution in [3.05, 3.63) is 16.0 Å². The van der Waals surface area contributed by atoms with Crippen molar-refractivity contribution < 1.29 is 9.53 Å². The smallest absolute Gasteiger partial charge is 0.341 e. The number of anilines is 1. The van der Waals surface area contributed by atoms with Gasteiger partial charge in [0.25, 0.3) is 0 Å². The lowest BCUT2D eigenvalue weighted by Gasteiger charge is -2.26. The van der Waals surface area contributed by atoms with Gasteiger partial charge in [0.05, 0.1) is 5.56 Å². The standard InChI is InChI=1S/C15H23NO2S/c1-8-6-7-9(2)12-10(8)11(13(16)19-12)14(17)18-15(3,4)5/h8-9H,6-7,16H2,1-5H3. The molecule has 0 saturated carbocycles. The zero-order chi connectivity index (χ0) is 14.4. The van der Waals surface area contributed by atoms with Crippen molar-refractivity contribution in [3.8, 4) is 0 Å². The number of fused-ring (bicyclic) bond motifs is 1. The number of esters is 1. The molecule has 3 nitrogen and oxygen atoms in total. The lowest BCUT2D eigenvalue weighted by atomic mass is 9.81. The first-order valence-corrected chi connectivity index (χ1v) is 7.67. The van der Waals surface area contributed by atoms with Crippen molar-refractivity contribution in [2.24, 2.45) is 0 Å². The molecule has 0 aliphatic heterocycles. The van der Waals surface area contributed by atoms with E-state index in [0.717, 1.165) is 12.0 Å². The van der Waals surface area contributed by atoms with Crippen LogP contribution < -0.4 is 5.73 Å². The molecule has 1 aliphatic carbocycles. The van der Waals surface area contributed by atoms with Gasteiger partial charge in [0.15, 0.2) is 0 Å². The highest BCUT2D eigenvalue weighted by atomic mass is 32.1. The molecule has 0 bridgehead atoms. The number of thiophene rings is 1. The second kappa shape index (κ2) is 4.82. The summed E-state index contributed by atoms with van der Waals surface area (Å²) in [7, 11) is 0. The van der Waals surface area contributed by atoms with Crippen molar-refractivity contribution in [2.75, 3.05) is 5.73 Å². The summed E-state index contributed by atoms with van der Waals surface area (Å²) >= 11 is 1.56. The monoisotopic (exact) mass is 281 g/mol. The molecule has 2 rings (SSSR count). The van der Waals surface area contributed by atoms with E-state index >= 15 is 0 Å². The maximum absolute atomic E-state index is 12.4. The van der Waals surface area contributed by atoms with Gasteiger partial charge in [-0.1, -0.05) is 13.8 Å². The van der Waals surface area contributed by atoms with Crippen molar-refractivity contribution >= 4 is 22.3 Å². The van der Waals surface area contributed by atoms with Gasteiger partial charge >= 0.3 is 5.97 Å². The van der Waals surface area contributed by atoms with E-state index in [9.17, 15) is 4.79 Å². The number of carbonyl (C=O) groups excluding carboxylic acids is 1. The quantitative estimate of drug-likeness (QED) is 0.781. The van der Waals surface area contributed by atoms with Crippen molar-refractivity contribution in [1.82, 2.24) is 0 Å². The van der Waals surface area contributed by atoms with Gasteiger partial charge in [-0.25, -0.2) is 4.79 Å². The molecule has 0 spiro atoms. The molecule has 0 aromatic carbocycles. The van der Waals surface area contributed by atoms with Crippen LogP contribution in [-0.4, -0.2) is 11.6 Å². The van der Waals surface area contributed by atoms with Crippen molar-refractivity contribution in [2.45, 2.75) is 64.9 Å². The molecule has 106 valence electrons. The maximum atomic E-state index is 12.4. The Morgan fingerprint density at radius 2 is 1.84 bits per heavy atom. The van der Waals surface area contributed by atoms with Crippen LogP contribution in [0.4, 0.5) is 5.00 Å². The number of hydrogen-bond acceptors (Lipinski definition) is 4. The highest BCUT2D eigenvalue weighted by Crippen LogP contribution is 2.47. The van der Waals surface area contributed by atoms with Gasteiger partial charge in [0, 0.05) is 4.88 Å². The Labute approximate surface area is 119 Å².